The molecule has 2 heterocycles. The second-order valence-corrected chi connectivity index (χ2v) is 9.89. The number of hydrogen-bond donors (Lipinski definition) is 1. The first-order valence-corrected chi connectivity index (χ1v) is 12.8. The number of nitro groups is 1. The highest BCUT2D eigenvalue weighted by Gasteiger charge is 2.41. The van der Waals surface area contributed by atoms with Crippen LogP contribution in [0.15, 0.2) is 66.7 Å². The molecule has 0 aliphatic carbocycles. The maximum atomic E-state index is 13.5. The zero-order valence-corrected chi connectivity index (χ0v) is 21.3. The lowest BCUT2D eigenvalue weighted by molar-refractivity contribution is -0.384. The van der Waals surface area contributed by atoms with Gasteiger partial charge in [-0.1, -0.05) is 24.3 Å². The molecule has 8 nitrogen and oxygen atoms in total. The number of ether oxygens (including phenoxy) is 1. The van der Waals surface area contributed by atoms with E-state index in [4.69, 9.17) is 4.74 Å². The highest BCUT2D eigenvalue weighted by atomic mass is 19.1. The molecule has 0 radical (unpaired) electrons. The number of nitrogens with zero attached hydrogens (tertiary/aromatic N) is 3. The summed E-state index contributed by atoms with van der Waals surface area (Å²) in [7, 11) is 1.63. The number of nitrogens with one attached hydrogen (secondary N) is 1. The monoisotopic (exact) mass is 518 g/mol. The standard InChI is InChI=1S/C29H31FN4O4/c1-38-25-9-4-20(5-10-25)12-13-31-29(35)26-17-22-16-24(34(36)37)8-11-27(22)33-15-14-32(19-28(26)33)18-21-2-6-23(30)7-3-21/h2-11,16,26,28H,12-15,17-19H2,1H3,(H,31,35)/t26-,28-/m0/s1. The Morgan fingerprint density at radius 2 is 1.82 bits per heavy atom. The van der Waals surface area contributed by atoms with Gasteiger partial charge in [0.15, 0.2) is 0 Å². The minimum atomic E-state index is -0.392. The number of carbonyl (C=O) groups is 1. The third-order valence-electron chi connectivity index (χ3n) is 7.52. The van der Waals surface area contributed by atoms with Crippen molar-refractivity contribution in [3.63, 3.8) is 0 Å². The average Bonchev–Trinajstić information content (AvgIpc) is 2.93. The number of methoxy groups -OCH3 is 1. The first kappa shape index (κ1) is 25.7. The molecule has 2 aliphatic rings. The van der Waals surface area contributed by atoms with Gasteiger partial charge in [-0.3, -0.25) is 19.8 Å². The zero-order chi connectivity index (χ0) is 26.6. The second-order valence-electron chi connectivity index (χ2n) is 9.89. The normalized spacial score (nSPS) is 18.8. The second kappa shape index (κ2) is 11.2. The van der Waals surface area contributed by atoms with Crippen LogP contribution in [0.3, 0.4) is 0 Å². The molecule has 0 saturated carbocycles. The number of fused-ring (bicyclic) bond motifs is 3. The van der Waals surface area contributed by atoms with Crippen molar-refractivity contribution in [2.45, 2.75) is 25.4 Å². The van der Waals surface area contributed by atoms with Crippen molar-refractivity contribution in [2.24, 2.45) is 5.92 Å². The van der Waals surface area contributed by atoms with Gasteiger partial charge in [-0.05, 0) is 59.9 Å². The Hall–Kier alpha value is -3.98. The molecule has 1 N–H and O–H groups in total. The largest absolute Gasteiger partial charge is 0.497 e. The smallest absolute Gasteiger partial charge is 0.269 e. The number of anilines is 1. The van der Waals surface area contributed by atoms with E-state index < -0.39 is 4.92 Å². The van der Waals surface area contributed by atoms with Crippen LogP contribution in [-0.2, 0) is 24.2 Å². The molecular weight excluding hydrogens is 487 g/mol. The predicted octanol–water partition coefficient (Wildman–Crippen LogP) is 3.96. The number of amides is 1. The van der Waals surface area contributed by atoms with E-state index in [2.05, 4.69) is 15.1 Å². The fourth-order valence-electron chi connectivity index (χ4n) is 5.53. The number of rotatable bonds is 8. The maximum absolute atomic E-state index is 13.5. The summed E-state index contributed by atoms with van der Waals surface area (Å²) in [6.45, 7) is 3.31. The van der Waals surface area contributed by atoms with Crippen molar-refractivity contribution in [2.75, 3.05) is 38.2 Å². The summed E-state index contributed by atoms with van der Waals surface area (Å²) >= 11 is 0. The van der Waals surface area contributed by atoms with Gasteiger partial charge in [0.25, 0.3) is 5.69 Å². The first-order valence-electron chi connectivity index (χ1n) is 12.8. The van der Waals surface area contributed by atoms with Gasteiger partial charge in [0.1, 0.15) is 11.6 Å². The number of halogens is 1. The zero-order valence-electron chi connectivity index (χ0n) is 21.3. The summed E-state index contributed by atoms with van der Waals surface area (Å²) in [6, 6.07) is 19.2. The van der Waals surface area contributed by atoms with E-state index in [1.807, 2.05) is 30.3 Å². The number of benzene rings is 3. The Bertz CT molecular complexity index is 1300. The molecule has 5 rings (SSSR count). The molecule has 0 unspecified atom stereocenters. The van der Waals surface area contributed by atoms with Gasteiger partial charge in [0, 0.05) is 50.5 Å². The van der Waals surface area contributed by atoms with E-state index in [1.54, 1.807) is 25.3 Å². The lowest BCUT2D eigenvalue weighted by atomic mass is 9.83. The highest BCUT2D eigenvalue weighted by Crippen LogP contribution is 2.38. The van der Waals surface area contributed by atoms with Crippen molar-refractivity contribution in [1.82, 2.24) is 10.2 Å². The molecule has 198 valence electrons. The van der Waals surface area contributed by atoms with Crippen LogP contribution in [0.2, 0.25) is 0 Å². The molecule has 2 aliphatic heterocycles. The minimum absolute atomic E-state index is 0.0378. The third kappa shape index (κ3) is 5.62. The molecule has 1 amide bonds. The van der Waals surface area contributed by atoms with Gasteiger partial charge >= 0.3 is 0 Å². The lowest BCUT2D eigenvalue weighted by Crippen LogP contribution is -2.61. The molecule has 3 aromatic rings. The lowest BCUT2D eigenvalue weighted by Gasteiger charge is -2.49. The van der Waals surface area contributed by atoms with Crippen LogP contribution in [0.4, 0.5) is 15.8 Å². The topological polar surface area (TPSA) is 87.9 Å². The molecule has 38 heavy (non-hydrogen) atoms. The SMILES string of the molecule is COc1ccc(CCNC(=O)[C@H]2Cc3cc([N+](=O)[O-])ccc3N3CCN(Cc4ccc(F)cc4)C[C@@H]23)cc1. The van der Waals surface area contributed by atoms with E-state index in [-0.39, 0.29) is 29.4 Å². The van der Waals surface area contributed by atoms with E-state index in [1.165, 1.54) is 18.2 Å². The number of hydrogen-bond acceptors (Lipinski definition) is 6. The van der Waals surface area contributed by atoms with Crippen molar-refractivity contribution >= 4 is 17.3 Å². The van der Waals surface area contributed by atoms with Gasteiger partial charge in [-0.15, -0.1) is 0 Å². The summed E-state index contributed by atoms with van der Waals surface area (Å²) < 4.78 is 18.6. The Morgan fingerprint density at radius 1 is 1.08 bits per heavy atom. The van der Waals surface area contributed by atoms with E-state index in [9.17, 15) is 19.3 Å². The number of nitro benzene ring substituents is 1. The van der Waals surface area contributed by atoms with Crippen molar-refractivity contribution < 1.29 is 18.8 Å². The molecule has 0 bridgehead atoms. The van der Waals surface area contributed by atoms with Gasteiger partial charge in [0.2, 0.25) is 5.91 Å². The van der Waals surface area contributed by atoms with Crippen molar-refractivity contribution in [3.8, 4) is 5.75 Å². The minimum Gasteiger partial charge on any atom is -0.497 e. The van der Waals surface area contributed by atoms with E-state index in [0.717, 1.165) is 34.7 Å². The van der Waals surface area contributed by atoms with Crippen LogP contribution in [0.1, 0.15) is 16.7 Å². The van der Waals surface area contributed by atoms with Gasteiger partial charge < -0.3 is 15.0 Å². The quantitative estimate of drug-likeness (QED) is 0.359. The average molecular weight is 519 g/mol. The third-order valence-corrected chi connectivity index (χ3v) is 7.52. The maximum Gasteiger partial charge on any atom is 0.269 e. The van der Waals surface area contributed by atoms with Crippen LogP contribution < -0.4 is 15.0 Å². The van der Waals surface area contributed by atoms with Crippen LogP contribution in [0.25, 0.3) is 0 Å². The number of piperazine rings is 1. The van der Waals surface area contributed by atoms with Crippen molar-refractivity contribution in [3.05, 3.63) is 99.4 Å². The number of non-ortho nitro benzene ring substituents is 1. The Morgan fingerprint density at radius 3 is 2.53 bits per heavy atom. The highest BCUT2D eigenvalue weighted by molar-refractivity contribution is 5.82. The molecular formula is C29H31FN4O4. The summed E-state index contributed by atoms with van der Waals surface area (Å²) in [5, 5.41) is 14.5. The number of carbonyl (C=O) groups excluding carboxylic acids is 1. The predicted molar refractivity (Wildman–Crippen MR) is 143 cm³/mol. The van der Waals surface area contributed by atoms with Crippen molar-refractivity contribution in [1.29, 1.82) is 0 Å². The molecule has 3 aromatic carbocycles. The fourth-order valence-corrected chi connectivity index (χ4v) is 5.53. The molecule has 1 saturated heterocycles. The Balaban J connectivity index is 1.32. The van der Waals surface area contributed by atoms with Gasteiger partial charge in [0.05, 0.1) is 24.0 Å². The summed E-state index contributed by atoms with van der Waals surface area (Å²) in [5.74, 6) is 0.129. The Labute approximate surface area is 221 Å². The molecule has 0 spiro atoms. The molecule has 1 fully saturated rings. The van der Waals surface area contributed by atoms with E-state index >= 15 is 0 Å². The fraction of sp³-hybridized carbons (Fsp3) is 0.345. The summed E-state index contributed by atoms with van der Waals surface area (Å²) in [6.07, 6.45) is 1.13. The Kier molecular flexibility index (Phi) is 7.55. The van der Waals surface area contributed by atoms with Crippen LogP contribution in [-0.4, -0.2) is 55.1 Å². The van der Waals surface area contributed by atoms with Crippen LogP contribution in [0, 0.1) is 21.8 Å². The van der Waals surface area contributed by atoms with Crippen LogP contribution in [0.5, 0.6) is 5.75 Å². The van der Waals surface area contributed by atoms with Gasteiger partial charge in [-0.2, -0.15) is 0 Å². The molecule has 0 aromatic heterocycles. The van der Waals surface area contributed by atoms with Gasteiger partial charge in [-0.25, -0.2) is 4.39 Å². The molecule has 9 heteroatoms. The molecule has 2 atom stereocenters. The summed E-state index contributed by atoms with van der Waals surface area (Å²) in [5.41, 5.74) is 3.95. The van der Waals surface area contributed by atoms with E-state index in [0.29, 0.717) is 39.0 Å². The first-order chi connectivity index (χ1) is 18.4. The van der Waals surface area contributed by atoms with Crippen LogP contribution >= 0.6 is 0 Å². The summed E-state index contributed by atoms with van der Waals surface area (Å²) in [4.78, 5) is 29.1.